The van der Waals surface area contributed by atoms with Crippen molar-refractivity contribution in [2.24, 2.45) is 0 Å². The van der Waals surface area contributed by atoms with Crippen LogP contribution in [0.25, 0.3) is 0 Å². The van der Waals surface area contributed by atoms with Crippen LogP contribution in [0.3, 0.4) is 0 Å². The average Bonchev–Trinajstić information content (AvgIpc) is 2.40. The molecule has 0 saturated heterocycles. The zero-order valence-corrected chi connectivity index (χ0v) is 8.66. The van der Waals surface area contributed by atoms with Crippen LogP contribution >= 0.6 is 0 Å². The molecule has 0 amide bonds. The fourth-order valence-electron chi connectivity index (χ4n) is 1.75. The monoisotopic (exact) mass is 191 g/mol. The lowest BCUT2D eigenvalue weighted by molar-refractivity contribution is 0.316. The Kier molecular flexibility index (Phi) is 2.57. The van der Waals surface area contributed by atoms with Crippen molar-refractivity contribution in [1.29, 1.82) is 0 Å². The van der Waals surface area contributed by atoms with E-state index in [9.17, 15) is 0 Å². The molecule has 0 atom stereocenters. The van der Waals surface area contributed by atoms with Gasteiger partial charge in [0, 0.05) is 18.8 Å². The highest BCUT2D eigenvalue weighted by Gasteiger charge is 2.21. The summed E-state index contributed by atoms with van der Waals surface area (Å²) >= 11 is 0. The van der Waals surface area contributed by atoms with Gasteiger partial charge in [0.25, 0.3) is 0 Å². The third-order valence-corrected chi connectivity index (χ3v) is 2.73. The Bertz CT molecular complexity index is 323. The van der Waals surface area contributed by atoms with Crippen molar-refractivity contribution in [3.05, 3.63) is 24.5 Å². The summed E-state index contributed by atoms with van der Waals surface area (Å²) in [6.07, 6.45) is 7.92. The first kappa shape index (κ1) is 9.31. The maximum Gasteiger partial charge on any atom is 0.203 e. The number of hydrogen-bond acceptors (Lipinski definition) is 2. The Balaban J connectivity index is 2.14. The van der Waals surface area contributed by atoms with Crippen LogP contribution in [0.1, 0.15) is 31.0 Å². The van der Waals surface area contributed by atoms with E-state index in [-0.39, 0.29) is 0 Å². The molecule has 1 aromatic rings. The molecule has 0 radical (unpaired) electrons. The molecular formula is C11H17N3. The van der Waals surface area contributed by atoms with Gasteiger partial charge in [0.05, 0.1) is 5.69 Å². The summed E-state index contributed by atoms with van der Waals surface area (Å²) in [6, 6.07) is 0.670. The van der Waals surface area contributed by atoms with Crippen LogP contribution in [0.15, 0.2) is 18.9 Å². The van der Waals surface area contributed by atoms with Crippen molar-refractivity contribution in [2.45, 2.75) is 32.2 Å². The molecule has 1 N–H and O–H groups in total. The smallest absolute Gasteiger partial charge is 0.203 e. The summed E-state index contributed by atoms with van der Waals surface area (Å²) in [7, 11) is 0. The quantitative estimate of drug-likeness (QED) is 0.741. The third-order valence-electron chi connectivity index (χ3n) is 2.73. The third kappa shape index (κ3) is 1.67. The Morgan fingerprint density at radius 1 is 1.71 bits per heavy atom. The van der Waals surface area contributed by atoms with Crippen LogP contribution in [-0.2, 0) is 0 Å². The minimum atomic E-state index is 0.670. The van der Waals surface area contributed by atoms with E-state index in [2.05, 4.69) is 27.6 Å². The predicted octanol–water partition coefficient (Wildman–Crippen LogP) is 2.51. The molecule has 0 aromatic carbocycles. The second-order valence-electron chi connectivity index (χ2n) is 3.87. The van der Waals surface area contributed by atoms with Gasteiger partial charge in [0.15, 0.2) is 0 Å². The van der Waals surface area contributed by atoms with E-state index in [1.54, 1.807) is 0 Å². The highest BCUT2D eigenvalue weighted by molar-refractivity contribution is 5.30. The number of nitrogens with zero attached hydrogens (tertiary/aromatic N) is 2. The number of imidazole rings is 1. The van der Waals surface area contributed by atoms with Gasteiger partial charge in [-0.2, -0.15) is 0 Å². The average molecular weight is 191 g/mol. The molecule has 1 aromatic heterocycles. The standard InChI is InChI=1S/C11H17N3/c1-3-7-12-11-13-9(2)8-14(11)10-5-4-6-10/h3,8,10H,1,4-7H2,2H3,(H,12,13). The molecule has 76 valence electrons. The van der Waals surface area contributed by atoms with Crippen molar-refractivity contribution >= 4 is 5.95 Å². The lowest BCUT2D eigenvalue weighted by atomic mass is 9.93. The lowest BCUT2D eigenvalue weighted by Gasteiger charge is -2.28. The first-order chi connectivity index (χ1) is 6.81. The van der Waals surface area contributed by atoms with Crippen LogP contribution in [-0.4, -0.2) is 16.1 Å². The topological polar surface area (TPSA) is 29.9 Å². The molecule has 3 nitrogen and oxygen atoms in total. The highest BCUT2D eigenvalue weighted by Crippen LogP contribution is 2.33. The lowest BCUT2D eigenvalue weighted by Crippen LogP contribution is -2.18. The van der Waals surface area contributed by atoms with Crippen molar-refractivity contribution in [3.63, 3.8) is 0 Å². The SMILES string of the molecule is C=CCNc1nc(C)cn1C1CCC1. The van der Waals surface area contributed by atoms with Gasteiger partial charge < -0.3 is 9.88 Å². The van der Waals surface area contributed by atoms with E-state index in [1.807, 2.05) is 13.0 Å². The minimum absolute atomic E-state index is 0.670. The van der Waals surface area contributed by atoms with Crippen molar-refractivity contribution in [3.8, 4) is 0 Å². The number of rotatable bonds is 4. The number of nitrogens with one attached hydrogen (secondary N) is 1. The summed E-state index contributed by atoms with van der Waals surface area (Å²) in [6.45, 7) is 6.51. The molecule has 1 aliphatic rings. The van der Waals surface area contributed by atoms with Crippen LogP contribution in [0.2, 0.25) is 0 Å². The van der Waals surface area contributed by atoms with Gasteiger partial charge >= 0.3 is 0 Å². The fraction of sp³-hybridized carbons (Fsp3) is 0.545. The van der Waals surface area contributed by atoms with Gasteiger partial charge in [-0.25, -0.2) is 4.98 Å². The predicted molar refractivity (Wildman–Crippen MR) is 58.5 cm³/mol. The summed E-state index contributed by atoms with van der Waals surface area (Å²) in [4.78, 5) is 4.46. The molecule has 0 aliphatic heterocycles. The largest absolute Gasteiger partial charge is 0.352 e. The van der Waals surface area contributed by atoms with Gasteiger partial charge in [-0.3, -0.25) is 0 Å². The Morgan fingerprint density at radius 3 is 3.07 bits per heavy atom. The molecule has 3 heteroatoms. The van der Waals surface area contributed by atoms with E-state index in [1.165, 1.54) is 19.3 Å². The van der Waals surface area contributed by atoms with Gasteiger partial charge in [-0.15, -0.1) is 6.58 Å². The maximum atomic E-state index is 4.46. The number of aryl methyl sites for hydroxylation is 1. The zero-order chi connectivity index (χ0) is 9.97. The Morgan fingerprint density at radius 2 is 2.50 bits per heavy atom. The molecule has 1 heterocycles. The molecule has 1 aliphatic carbocycles. The van der Waals surface area contributed by atoms with E-state index in [4.69, 9.17) is 0 Å². The van der Waals surface area contributed by atoms with E-state index in [0.29, 0.717) is 6.04 Å². The Hall–Kier alpha value is -1.25. The van der Waals surface area contributed by atoms with Gasteiger partial charge in [-0.05, 0) is 26.2 Å². The fourth-order valence-corrected chi connectivity index (χ4v) is 1.75. The van der Waals surface area contributed by atoms with Crippen molar-refractivity contribution < 1.29 is 0 Å². The number of aromatic nitrogens is 2. The second kappa shape index (κ2) is 3.86. The van der Waals surface area contributed by atoms with Crippen LogP contribution in [0.5, 0.6) is 0 Å². The second-order valence-corrected chi connectivity index (χ2v) is 3.87. The molecule has 1 saturated carbocycles. The van der Waals surface area contributed by atoms with Gasteiger partial charge in [0.2, 0.25) is 5.95 Å². The van der Waals surface area contributed by atoms with Crippen molar-refractivity contribution in [2.75, 3.05) is 11.9 Å². The van der Waals surface area contributed by atoms with Gasteiger partial charge in [0.1, 0.15) is 0 Å². The summed E-state index contributed by atoms with van der Waals surface area (Å²) < 4.78 is 2.27. The molecule has 0 spiro atoms. The first-order valence-corrected chi connectivity index (χ1v) is 5.21. The normalized spacial score (nSPS) is 16.4. The van der Waals surface area contributed by atoms with E-state index >= 15 is 0 Å². The van der Waals surface area contributed by atoms with E-state index in [0.717, 1.165) is 18.2 Å². The molecule has 2 rings (SSSR count). The van der Waals surface area contributed by atoms with Crippen LogP contribution in [0, 0.1) is 6.92 Å². The number of anilines is 1. The summed E-state index contributed by atoms with van der Waals surface area (Å²) in [5, 5.41) is 3.27. The highest BCUT2D eigenvalue weighted by atomic mass is 15.2. The van der Waals surface area contributed by atoms with Gasteiger partial charge in [-0.1, -0.05) is 6.08 Å². The first-order valence-electron chi connectivity index (χ1n) is 5.21. The summed E-state index contributed by atoms with van der Waals surface area (Å²) in [5.41, 5.74) is 1.09. The molecular weight excluding hydrogens is 174 g/mol. The Labute approximate surface area is 84.8 Å². The molecule has 14 heavy (non-hydrogen) atoms. The molecule has 0 bridgehead atoms. The van der Waals surface area contributed by atoms with Crippen LogP contribution < -0.4 is 5.32 Å². The zero-order valence-electron chi connectivity index (χ0n) is 8.66. The molecule has 0 unspecified atom stereocenters. The minimum Gasteiger partial charge on any atom is -0.352 e. The maximum absolute atomic E-state index is 4.46. The van der Waals surface area contributed by atoms with Crippen molar-refractivity contribution in [1.82, 2.24) is 9.55 Å². The van der Waals surface area contributed by atoms with Crippen LogP contribution in [0.4, 0.5) is 5.95 Å². The number of hydrogen-bond donors (Lipinski definition) is 1. The molecule has 1 fully saturated rings. The summed E-state index contributed by atoms with van der Waals surface area (Å²) in [5.74, 6) is 0.993. The van der Waals surface area contributed by atoms with E-state index < -0.39 is 0 Å².